The molecule has 5 rings (SSSR count). The molecule has 0 bridgehead atoms. The molecule has 1 aliphatic heterocycles. The lowest BCUT2D eigenvalue weighted by Gasteiger charge is -2.35. The maximum atomic E-state index is 13.5. The predicted octanol–water partition coefficient (Wildman–Crippen LogP) is 6.63. The summed E-state index contributed by atoms with van der Waals surface area (Å²) in [5.74, 6) is 1.58. The van der Waals surface area contributed by atoms with Gasteiger partial charge in [-0.05, 0) is 85.8 Å². The highest BCUT2D eigenvalue weighted by atomic mass is 16.5. The molecule has 7 nitrogen and oxygen atoms in total. The fraction of sp³-hybridized carbons (Fsp3) is 0.233. The van der Waals surface area contributed by atoms with E-state index in [4.69, 9.17) is 14.2 Å². The first-order valence-corrected chi connectivity index (χ1v) is 12.4. The van der Waals surface area contributed by atoms with E-state index >= 15 is 0 Å². The van der Waals surface area contributed by atoms with Crippen molar-refractivity contribution in [3.63, 3.8) is 0 Å². The summed E-state index contributed by atoms with van der Waals surface area (Å²) in [5.41, 5.74) is 7.54. The second kappa shape index (κ2) is 9.93. The zero-order valence-electron chi connectivity index (χ0n) is 21.7. The second-order valence-electron chi connectivity index (χ2n) is 9.24. The minimum Gasteiger partial charge on any atom is -0.497 e. The summed E-state index contributed by atoms with van der Waals surface area (Å²) in [5, 5.41) is 7.46. The molecule has 4 aromatic rings. The van der Waals surface area contributed by atoms with Crippen LogP contribution < -0.4 is 15.0 Å². The lowest BCUT2D eigenvalue weighted by atomic mass is 9.92. The molecule has 1 atom stereocenters. The number of carbonyl (C=O) groups excluding carboxylic acids is 1. The van der Waals surface area contributed by atoms with Crippen LogP contribution in [0.2, 0.25) is 0 Å². The standard InChI is InChI=1S/C30H30N4O3/c1-6-21-8-7-9-24(17-21)34-20(4)26(27(31-30(34)35)23-11-10-18(2)19(3)16-23)29-32-28(33-37-29)22-12-14-25(36-5)15-13-22/h7-17,27H,6H2,1-5H3,(H,31,35). The summed E-state index contributed by atoms with van der Waals surface area (Å²) in [6.07, 6.45) is 0.874. The second-order valence-corrected chi connectivity index (χ2v) is 9.24. The van der Waals surface area contributed by atoms with Crippen molar-refractivity contribution in [3.05, 3.63) is 101 Å². The third-order valence-electron chi connectivity index (χ3n) is 6.93. The van der Waals surface area contributed by atoms with Crippen molar-refractivity contribution in [2.24, 2.45) is 0 Å². The van der Waals surface area contributed by atoms with E-state index in [1.807, 2.05) is 55.5 Å². The summed E-state index contributed by atoms with van der Waals surface area (Å²) < 4.78 is 11.1. The highest BCUT2D eigenvalue weighted by Gasteiger charge is 2.36. The largest absolute Gasteiger partial charge is 0.497 e. The summed E-state index contributed by atoms with van der Waals surface area (Å²) >= 11 is 0. The van der Waals surface area contributed by atoms with Gasteiger partial charge in [0.1, 0.15) is 5.75 Å². The first kappa shape index (κ1) is 24.3. The van der Waals surface area contributed by atoms with Crippen molar-refractivity contribution in [1.29, 1.82) is 0 Å². The van der Waals surface area contributed by atoms with Gasteiger partial charge in [-0.25, -0.2) is 4.79 Å². The van der Waals surface area contributed by atoms with Gasteiger partial charge in [0.2, 0.25) is 5.82 Å². The van der Waals surface area contributed by atoms with Crippen molar-refractivity contribution in [1.82, 2.24) is 15.5 Å². The van der Waals surface area contributed by atoms with Gasteiger partial charge in [-0.15, -0.1) is 0 Å². The number of carbonyl (C=O) groups is 1. The van der Waals surface area contributed by atoms with Crippen molar-refractivity contribution < 1.29 is 14.1 Å². The van der Waals surface area contributed by atoms with Crippen LogP contribution in [0.4, 0.5) is 10.5 Å². The Morgan fingerprint density at radius 2 is 1.78 bits per heavy atom. The van der Waals surface area contributed by atoms with Gasteiger partial charge in [-0.2, -0.15) is 4.98 Å². The van der Waals surface area contributed by atoms with Crippen LogP contribution >= 0.6 is 0 Å². The Morgan fingerprint density at radius 3 is 2.49 bits per heavy atom. The Bertz CT molecular complexity index is 1490. The number of hydrogen-bond acceptors (Lipinski definition) is 5. The van der Waals surface area contributed by atoms with E-state index in [9.17, 15) is 4.79 Å². The van der Waals surface area contributed by atoms with Crippen LogP contribution in [-0.4, -0.2) is 23.3 Å². The lowest BCUT2D eigenvalue weighted by Crippen LogP contribution is -2.46. The van der Waals surface area contributed by atoms with E-state index < -0.39 is 6.04 Å². The Kier molecular flexibility index (Phi) is 6.53. The zero-order valence-corrected chi connectivity index (χ0v) is 21.7. The molecule has 1 unspecified atom stereocenters. The quantitative estimate of drug-likeness (QED) is 0.326. The van der Waals surface area contributed by atoms with Gasteiger partial charge >= 0.3 is 6.03 Å². The summed E-state index contributed by atoms with van der Waals surface area (Å²) in [6.45, 7) is 8.16. The number of nitrogens with one attached hydrogen (secondary N) is 1. The van der Waals surface area contributed by atoms with Gasteiger partial charge in [0.05, 0.1) is 24.4 Å². The average Bonchev–Trinajstić information content (AvgIpc) is 3.40. The number of aryl methyl sites for hydroxylation is 3. The van der Waals surface area contributed by atoms with Gasteiger partial charge in [-0.1, -0.05) is 42.4 Å². The number of methoxy groups -OCH3 is 1. The number of aromatic nitrogens is 2. The summed E-state index contributed by atoms with van der Waals surface area (Å²) in [6, 6.07) is 21.1. The Labute approximate surface area is 216 Å². The first-order valence-electron chi connectivity index (χ1n) is 12.4. The van der Waals surface area contributed by atoms with E-state index in [1.165, 1.54) is 5.56 Å². The van der Waals surface area contributed by atoms with Crippen LogP contribution in [0.25, 0.3) is 17.0 Å². The predicted molar refractivity (Wildman–Crippen MR) is 144 cm³/mol. The van der Waals surface area contributed by atoms with E-state index in [1.54, 1.807) is 12.0 Å². The molecule has 2 amide bonds. The maximum Gasteiger partial charge on any atom is 0.326 e. The minimum absolute atomic E-state index is 0.201. The molecule has 1 N–H and O–H groups in total. The van der Waals surface area contributed by atoms with Crippen molar-refractivity contribution >= 4 is 17.3 Å². The molecule has 1 aliphatic rings. The van der Waals surface area contributed by atoms with Crippen LogP contribution in [0.5, 0.6) is 5.75 Å². The Balaban J connectivity index is 1.65. The van der Waals surface area contributed by atoms with Crippen LogP contribution in [-0.2, 0) is 6.42 Å². The molecule has 188 valence electrons. The fourth-order valence-corrected chi connectivity index (χ4v) is 4.63. The number of hydrogen-bond donors (Lipinski definition) is 1. The molecular weight excluding hydrogens is 464 g/mol. The molecule has 3 aromatic carbocycles. The highest BCUT2D eigenvalue weighted by Crippen LogP contribution is 2.39. The topological polar surface area (TPSA) is 80.5 Å². The molecular formula is C30H30N4O3. The molecule has 0 aliphatic carbocycles. The van der Waals surface area contributed by atoms with Crippen molar-refractivity contribution in [2.45, 2.75) is 40.2 Å². The minimum atomic E-state index is -0.443. The highest BCUT2D eigenvalue weighted by molar-refractivity contribution is 6.01. The van der Waals surface area contributed by atoms with E-state index in [0.29, 0.717) is 11.7 Å². The zero-order chi connectivity index (χ0) is 26.1. The third kappa shape index (κ3) is 4.60. The summed E-state index contributed by atoms with van der Waals surface area (Å²) in [4.78, 5) is 19.9. The van der Waals surface area contributed by atoms with E-state index in [0.717, 1.165) is 51.4 Å². The average molecular weight is 495 g/mol. The molecule has 0 radical (unpaired) electrons. The lowest BCUT2D eigenvalue weighted by molar-refractivity contribution is 0.244. The van der Waals surface area contributed by atoms with Gasteiger partial charge in [0.25, 0.3) is 5.89 Å². The Morgan fingerprint density at radius 1 is 1.00 bits per heavy atom. The molecule has 0 spiro atoms. The number of amides is 2. The Hall–Kier alpha value is -4.39. The molecule has 0 fully saturated rings. The number of urea groups is 1. The number of allylic oxidation sites excluding steroid dienone is 1. The molecule has 0 saturated heterocycles. The molecule has 1 aromatic heterocycles. The van der Waals surface area contributed by atoms with Crippen LogP contribution in [0.1, 0.15) is 48.0 Å². The number of anilines is 1. The molecule has 2 heterocycles. The van der Waals surface area contributed by atoms with Gasteiger partial charge in [-0.3, -0.25) is 4.90 Å². The van der Waals surface area contributed by atoms with Crippen LogP contribution in [0.15, 0.2) is 77.0 Å². The molecule has 7 heteroatoms. The molecule has 37 heavy (non-hydrogen) atoms. The number of ether oxygens (including phenoxy) is 1. The number of nitrogens with zero attached hydrogens (tertiary/aromatic N) is 3. The van der Waals surface area contributed by atoms with Crippen LogP contribution in [0.3, 0.4) is 0 Å². The van der Waals surface area contributed by atoms with E-state index in [-0.39, 0.29) is 6.03 Å². The normalized spacial score (nSPS) is 15.6. The van der Waals surface area contributed by atoms with Gasteiger partial charge in [0.15, 0.2) is 0 Å². The SMILES string of the molecule is CCc1cccc(N2C(=O)NC(c3ccc(C)c(C)c3)C(c3nc(-c4ccc(OC)cc4)no3)=C2C)c1. The van der Waals surface area contributed by atoms with Crippen LogP contribution in [0, 0.1) is 13.8 Å². The van der Waals surface area contributed by atoms with Crippen molar-refractivity contribution in [2.75, 3.05) is 12.0 Å². The smallest absolute Gasteiger partial charge is 0.326 e. The first-order chi connectivity index (χ1) is 17.9. The van der Waals surface area contributed by atoms with E-state index in [2.05, 4.69) is 49.4 Å². The molecule has 0 saturated carbocycles. The number of rotatable bonds is 6. The summed E-state index contributed by atoms with van der Waals surface area (Å²) in [7, 11) is 1.63. The van der Waals surface area contributed by atoms with Crippen molar-refractivity contribution in [3.8, 4) is 17.1 Å². The fourth-order valence-electron chi connectivity index (χ4n) is 4.63. The maximum absolute atomic E-state index is 13.5. The monoisotopic (exact) mass is 494 g/mol. The third-order valence-corrected chi connectivity index (χ3v) is 6.93. The number of benzene rings is 3. The van der Waals surface area contributed by atoms with Gasteiger partial charge < -0.3 is 14.6 Å². The van der Waals surface area contributed by atoms with Gasteiger partial charge in [0, 0.05) is 11.3 Å².